The third kappa shape index (κ3) is 5.59. The standard InChI is InChI=1S/C17H27N3O.ClH/c1-14(18)16-9-6-10-20(12-16)13-17(21)19(2)11-15-7-4-3-5-8-15;/h3-5,7-8,14,16H,6,9-13,18H2,1-2H3;1H. The molecule has 2 rings (SSSR count). The van der Waals surface area contributed by atoms with E-state index in [1.807, 2.05) is 30.1 Å². The third-order valence-electron chi connectivity index (χ3n) is 4.33. The molecule has 0 aromatic heterocycles. The van der Waals surface area contributed by atoms with Crippen LogP contribution >= 0.6 is 12.4 Å². The van der Waals surface area contributed by atoms with Crippen molar-refractivity contribution in [3.63, 3.8) is 0 Å². The predicted octanol–water partition coefficient (Wildman–Crippen LogP) is 2.13. The van der Waals surface area contributed by atoms with Crippen molar-refractivity contribution in [1.29, 1.82) is 0 Å². The smallest absolute Gasteiger partial charge is 0.236 e. The summed E-state index contributed by atoms with van der Waals surface area (Å²) in [7, 11) is 1.88. The Bertz CT molecular complexity index is 452. The van der Waals surface area contributed by atoms with Crippen molar-refractivity contribution in [3.05, 3.63) is 35.9 Å². The maximum absolute atomic E-state index is 12.3. The van der Waals surface area contributed by atoms with Crippen molar-refractivity contribution < 1.29 is 4.79 Å². The van der Waals surface area contributed by atoms with E-state index in [9.17, 15) is 4.79 Å². The number of rotatable bonds is 5. The second kappa shape index (κ2) is 9.13. The first-order chi connectivity index (χ1) is 10.1. The quantitative estimate of drug-likeness (QED) is 0.902. The molecule has 4 nitrogen and oxygen atoms in total. The SMILES string of the molecule is CC(N)C1CCCN(CC(=O)N(C)Cc2ccccc2)C1.Cl. The molecule has 1 aliphatic rings. The number of carbonyl (C=O) groups is 1. The van der Waals surface area contributed by atoms with Crippen LogP contribution in [0.1, 0.15) is 25.3 Å². The van der Waals surface area contributed by atoms with E-state index in [0.717, 1.165) is 19.5 Å². The summed E-state index contributed by atoms with van der Waals surface area (Å²) in [6, 6.07) is 10.3. The lowest BCUT2D eigenvalue weighted by atomic mass is 9.92. The van der Waals surface area contributed by atoms with Gasteiger partial charge in [-0.05, 0) is 37.8 Å². The number of hydrogen-bond donors (Lipinski definition) is 1. The number of benzene rings is 1. The van der Waals surface area contributed by atoms with Gasteiger partial charge in [0, 0.05) is 26.2 Å². The molecule has 0 spiro atoms. The first kappa shape index (κ1) is 18.9. The van der Waals surface area contributed by atoms with Gasteiger partial charge >= 0.3 is 0 Å². The van der Waals surface area contributed by atoms with E-state index in [1.54, 1.807) is 0 Å². The van der Waals surface area contributed by atoms with E-state index in [0.29, 0.717) is 19.0 Å². The molecule has 1 aromatic carbocycles. The van der Waals surface area contributed by atoms with E-state index in [1.165, 1.54) is 12.0 Å². The fourth-order valence-corrected chi connectivity index (χ4v) is 2.92. The average molecular weight is 326 g/mol. The number of nitrogens with two attached hydrogens (primary N) is 1. The van der Waals surface area contributed by atoms with E-state index >= 15 is 0 Å². The minimum Gasteiger partial charge on any atom is -0.340 e. The average Bonchev–Trinajstić information content (AvgIpc) is 2.48. The lowest BCUT2D eigenvalue weighted by Crippen LogP contribution is -2.46. The summed E-state index contributed by atoms with van der Waals surface area (Å²) in [6.45, 7) is 5.20. The normalized spacial score (nSPS) is 20.0. The highest BCUT2D eigenvalue weighted by molar-refractivity contribution is 5.85. The fourth-order valence-electron chi connectivity index (χ4n) is 2.92. The molecule has 0 aliphatic carbocycles. The molecule has 1 heterocycles. The zero-order valence-electron chi connectivity index (χ0n) is 13.6. The summed E-state index contributed by atoms with van der Waals surface area (Å²) in [5, 5.41) is 0. The minimum atomic E-state index is 0. The van der Waals surface area contributed by atoms with Crippen LogP contribution in [0.15, 0.2) is 30.3 Å². The molecule has 1 aliphatic heterocycles. The zero-order chi connectivity index (χ0) is 15.2. The van der Waals surface area contributed by atoms with Gasteiger partial charge in [-0.3, -0.25) is 9.69 Å². The number of nitrogens with zero attached hydrogens (tertiary/aromatic N) is 2. The Morgan fingerprint density at radius 1 is 1.41 bits per heavy atom. The molecule has 2 unspecified atom stereocenters. The first-order valence-electron chi connectivity index (χ1n) is 7.82. The maximum atomic E-state index is 12.3. The summed E-state index contributed by atoms with van der Waals surface area (Å²) >= 11 is 0. The van der Waals surface area contributed by atoms with E-state index < -0.39 is 0 Å². The Hall–Kier alpha value is -1.10. The van der Waals surface area contributed by atoms with Crippen molar-refractivity contribution in [2.24, 2.45) is 11.7 Å². The van der Waals surface area contributed by atoms with Crippen molar-refractivity contribution >= 4 is 18.3 Å². The predicted molar refractivity (Wildman–Crippen MR) is 93.0 cm³/mol. The third-order valence-corrected chi connectivity index (χ3v) is 4.33. The molecule has 1 amide bonds. The topological polar surface area (TPSA) is 49.6 Å². The van der Waals surface area contributed by atoms with Gasteiger partial charge in [0.05, 0.1) is 6.54 Å². The van der Waals surface area contributed by atoms with Gasteiger partial charge in [-0.2, -0.15) is 0 Å². The molecule has 0 radical (unpaired) electrons. The van der Waals surface area contributed by atoms with Crippen molar-refractivity contribution in [1.82, 2.24) is 9.80 Å². The Balaban J connectivity index is 0.00000242. The number of likely N-dealkylation sites (N-methyl/N-ethyl adjacent to an activating group) is 1. The molecule has 1 fully saturated rings. The molecule has 2 N–H and O–H groups in total. The lowest BCUT2D eigenvalue weighted by molar-refractivity contribution is -0.132. The highest BCUT2D eigenvalue weighted by Crippen LogP contribution is 2.18. The fraction of sp³-hybridized carbons (Fsp3) is 0.588. The number of piperidine rings is 1. The van der Waals surface area contributed by atoms with Crippen molar-refractivity contribution in [2.75, 3.05) is 26.7 Å². The molecular formula is C17H28ClN3O. The Morgan fingerprint density at radius 3 is 2.73 bits per heavy atom. The molecule has 1 saturated heterocycles. The molecule has 1 aromatic rings. The van der Waals surface area contributed by atoms with Gasteiger partial charge in [0.15, 0.2) is 0 Å². The molecule has 5 heteroatoms. The van der Waals surface area contributed by atoms with Gasteiger partial charge in [0.25, 0.3) is 0 Å². The Labute approximate surface area is 140 Å². The molecule has 22 heavy (non-hydrogen) atoms. The molecular weight excluding hydrogens is 298 g/mol. The molecule has 2 atom stereocenters. The number of carbonyl (C=O) groups excluding carboxylic acids is 1. The summed E-state index contributed by atoms with van der Waals surface area (Å²) in [4.78, 5) is 16.4. The maximum Gasteiger partial charge on any atom is 0.236 e. The van der Waals surface area contributed by atoms with Gasteiger partial charge in [-0.15, -0.1) is 12.4 Å². The molecule has 124 valence electrons. The van der Waals surface area contributed by atoms with Gasteiger partial charge in [-0.1, -0.05) is 30.3 Å². The highest BCUT2D eigenvalue weighted by atomic mass is 35.5. The summed E-state index contributed by atoms with van der Waals surface area (Å²) < 4.78 is 0. The summed E-state index contributed by atoms with van der Waals surface area (Å²) in [5.74, 6) is 0.704. The summed E-state index contributed by atoms with van der Waals surface area (Å²) in [6.07, 6.45) is 2.32. The molecule has 0 bridgehead atoms. The second-order valence-electron chi connectivity index (χ2n) is 6.23. The van der Waals surface area contributed by atoms with Crippen molar-refractivity contribution in [2.45, 2.75) is 32.4 Å². The number of amides is 1. The van der Waals surface area contributed by atoms with E-state index in [2.05, 4.69) is 24.0 Å². The Kier molecular flexibility index (Phi) is 7.87. The number of halogens is 1. The van der Waals surface area contributed by atoms with Crippen LogP contribution in [0, 0.1) is 5.92 Å². The monoisotopic (exact) mass is 325 g/mol. The zero-order valence-corrected chi connectivity index (χ0v) is 14.4. The van der Waals surface area contributed by atoms with Crippen LogP contribution in [0.2, 0.25) is 0 Å². The van der Waals surface area contributed by atoms with Crippen LogP contribution in [0.4, 0.5) is 0 Å². The largest absolute Gasteiger partial charge is 0.340 e. The second-order valence-corrected chi connectivity index (χ2v) is 6.23. The molecule has 0 saturated carbocycles. The van der Waals surface area contributed by atoms with E-state index in [-0.39, 0.29) is 24.4 Å². The van der Waals surface area contributed by atoms with Crippen LogP contribution in [0.25, 0.3) is 0 Å². The van der Waals surface area contributed by atoms with Crippen LogP contribution in [0.3, 0.4) is 0 Å². The number of hydrogen-bond acceptors (Lipinski definition) is 3. The van der Waals surface area contributed by atoms with Crippen LogP contribution in [-0.4, -0.2) is 48.4 Å². The lowest BCUT2D eigenvalue weighted by Gasteiger charge is -2.34. The number of likely N-dealkylation sites (tertiary alicyclic amines) is 1. The van der Waals surface area contributed by atoms with Crippen LogP contribution in [-0.2, 0) is 11.3 Å². The van der Waals surface area contributed by atoms with Gasteiger partial charge in [-0.25, -0.2) is 0 Å². The van der Waals surface area contributed by atoms with Gasteiger partial charge in [0.1, 0.15) is 0 Å². The first-order valence-corrected chi connectivity index (χ1v) is 7.82. The van der Waals surface area contributed by atoms with E-state index in [4.69, 9.17) is 5.73 Å². The van der Waals surface area contributed by atoms with Crippen LogP contribution < -0.4 is 5.73 Å². The summed E-state index contributed by atoms with van der Waals surface area (Å²) in [5.41, 5.74) is 7.17. The highest BCUT2D eigenvalue weighted by Gasteiger charge is 2.24. The minimum absolute atomic E-state index is 0. The Morgan fingerprint density at radius 2 is 2.09 bits per heavy atom. The van der Waals surface area contributed by atoms with Crippen molar-refractivity contribution in [3.8, 4) is 0 Å². The van der Waals surface area contributed by atoms with Gasteiger partial charge < -0.3 is 10.6 Å². The van der Waals surface area contributed by atoms with Crippen LogP contribution in [0.5, 0.6) is 0 Å². The van der Waals surface area contributed by atoms with Gasteiger partial charge in [0.2, 0.25) is 5.91 Å².